The maximum atomic E-state index is 10.3. The van der Waals surface area contributed by atoms with Crippen LogP contribution < -0.4 is 18.9 Å². The molecule has 0 radical (unpaired) electrons. The number of unbranched alkanes of at least 4 members (excludes halogenated alkanes) is 18. The summed E-state index contributed by atoms with van der Waals surface area (Å²) in [6.07, 6.45) is 24.7. The van der Waals surface area contributed by atoms with Crippen LogP contribution >= 0.6 is 0 Å². The molecule has 0 aliphatic carbocycles. The average molecular weight is 481 g/mol. The van der Waals surface area contributed by atoms with Gasteiger partial charge in [0.1, 0.15) is 0 Å². The molecule has 0 spiro atoms. The van der Waals surface area contributed by atoms with Crippen molar-refractivity contribution in [2.24, 2.45) is 0 Å². The van der Waals surface area contributed by atoms with Gasteiger partial charge in [-0.3, -0.25) is 14.4 Å². The topological polar surface area (TPSA) is 112 Å². The van der Waals surface area contributed by atoms with Crippen molar-refractivity contribution in [3.8, 4) is 0 Å². The molecule has 0 aromatic heterocycles. The number of carboxylic acids is 3. The molecule has 0 saturated heterocycles. The van der Waals surface area contributed by atoms with Crippen LogP contribution in [0, 0.1) is 0 Å². The van der Waals surface area contributed by atoms with Crippen molar-refractivity contribution in [1.82, 2.24) is 0 Å². The van der Waals surface area contributed by atoms with E-state index >= 15 is 0 Å². The fourth-order valence-corrected chi connectivity index (χ4v) is 3.73. The van der Waals surface area contributed by atoms with Gasteiger partial charge in [0.2, 0.25) is 0 Å². The molecule has 0 unspecified atom stereocenters. The van der Waals surface area contributed by atoms with Gasteiger partial charge in [-0.1, -0.05) is 116 Å². The van der Waals surface area contributed by atoms with E-state index in [1.165, 1.54) is 83.5 Å². The number of carboxylic acid groups (broad SMARTS) is 3. The van der Waals surface area contributed by atoms with Gasteiger partial charge in [0.05, 0.1) is 0 Å². The van der Waals surface area contributed by atoms with E-state index in [0.29, 0.717) is 19.3 Å². The smallest absolute Gasteiger partial charge is 1.00 e. The van der Waals surface area contributed by atoms with Gasteiger partial charge in [0.25, 0.3) is 0 Å². The van der Waals surface area contributed by atoms with E-state index in [4.69, 9.17) is 15.3 Å². The maximum Gasteiger partial charge on any atom is 1.00 e. The van der Waals surface area contributed by atoms with Gasteiger partial charge in [-0.15, -0.1) is 0 Å². The molecule has 0 amide bonds. The van der Waals surface area contributed by atoms with E-state index in [9.17, 15) is 14.4 Å². The zero-order valence-electron chi connectivity index (χ0n) is 23.3. The molecule has 0 fully saturated rings. The normalized spacial score (nSPS) is 10.1. The van der Waals surface area contributed by atoms with Gasteiger partial charge in [-0.05, 0) is 19.3 Å². The maximum absolute atomic E-state index is 10.3. The van der Waals surface area contributed by atoms with Crippen molar-refractivity contribution in [1.29, 1.82) is 0 Å². The summed E-state index contributed by atoms with van der Waals surface area (Å²) in [5, 5.41) is 25.1. The summed E-state index contributed by atoms with van der Waals surface area (Å²) in [5.74, 6) is -2.17. The molecular formula is C27H53LiO6. The Kier molecular flexibility index (Phi) is 35.4. The molecule has 0 rings (SSSR count). The molecule has 0 aromatic carbocycles. The van der Waals surface area contributed by atoms with Crippen LogP contribution in [0.4, 0.5) is 0 Å². The first kappa shape index (κ1) is 37.6. The molecular weight excluding hydrogens is 427 g/mol. The molecule has 0 atom stereocenters. The third-order valence-electron chi connectivity index (χ3n) is 5.78. The third kappa shape index (κ3) is 41.3. The van der Waals surface area contributed by atoms with Crippen LogP contribution in [0.1, 0.15) is 156 Å². The fraction of sp³-hybridized carbons (Fsp3) is 0.889. The Labute approximate surface area is 222 Å². The van der Waals surface area contributed by atoms with E-state index in [-0.39, 0.29) is 33.1 Å². The second kappa shape index (κ2) is 32.0. The summed E-state index contributed by atoms with van der Waals surface area (Å²) < 4.78 is 0. The Morgan fingerprint density at radius 1 is 0.412 bits per heavy atom. The van der Waals surface area contributed by atoms with E-state index < -0.39 is 17.9 Å². The largest absolute Gasteiger partial charge is 1.00 e. The predicted octanol–water partition coefficient (Wildman–Crippen LogP) is 5.34. The van der Waals surface area contributed by atoms with Gasteiger partial charge >= 0.3 is 36.8 Å². The minimum atomic E-state index is -0.759. The van der Waals surface area contributed by atoms with Gasteiger partial charge in [-0.2, -0.15) is 0 Å². The number of hydrogen-bond acceptors (Lipinski definition) is 3. The van der Waals surface area contributed by atoms with Gasteiger partial charge in [0, 0.05) is 19.3 Å². The van der Waals surface area contributed by atoms with E-state index in [1.807, 2.05) is 0 Å². The van der Waals surface area contributed by atoms with Crippen LogP contribution in [0.25, 0.3) is 0 Å². The first-order valence-electron chi connectivity index (χ1n) is 13.6. The zero-order valence-corrected chi connectivity index (χ0v) is 22.3. The molecule has 0 heterocycles. The first-order chi connectivity index (χ1) is 15.9. The summed E-state index contributed by atoms with van der Waals surface area (Å²) in [4.78, 5) is 30.5. The molecule has 0 saturated carbocycles. The summed E-state index contributed by atoms with van der Waals surface area (Å²) in [7, 11) is 0. The molecule has 0 aliphatic rings. The standard InChI is InChI=1S/C18H36O2.C9H16O4.Li.H/c1-2-3-4-5-6-7-8-9-10-11-12-13-14-15-16-17-18(19)20;10-8(11)6-4-2-1-3-5-7-9(12)13;;/h2-17H2,1H3,(H,19,20);1-7H2,(H,10,11)(H,12,13);;/q;;+1;-1. The number of rotatable bonds is 24. The van der Waals surface area contributed by atoms with Crippen molar-refractivity contribution >= 4 is 17.9 Å². The van der Waals surface area contributed by atoms with Crippen LogP contribution in [0.5, 0.6) is 0 Å². The van der Waals surface area contributed by atoms with Crippen molar-refractivity contribution in [2.45, 2.75) is 155 Å². The SMILES string of the molecule is CCCCCCCCCCCCCCCCCC(=O)O.O=C(O)CCCCCCCC(=O)O.[H-].[Li+]. The van der Waals surface area contributed by atoms with Crippen molar-refractivity contribution < 1.29 is 50.0 Å². The predicted molar refractivity (Wildman–Crippen MR) is 136 cm³/mol. The van der Waals surface area contributed by atoms with Gasteiger partial charge in [0.15, 0.2) is 0 Å². The van der Waals surface area contributed by atoms with E-state index in [0.717, 1.165) is 32.1 Å². The summed E-state index contributed by atoms with van der Waals surface area (Å²) in [5.41, 5.74) is 0. The van der Waals surface area contributed by atoms with Crippen LogP contribution in [0.3, 0.4) is 0 Å². The van der Waals surface area contributed by atoms with Gasteiger partial charge in [-0.25, -0.2) is 0 Å². The number of hydrogen-bond donors (Lipinski definition) is 3. The van der Waals surface area contributed by atoms with Crippen LogP contribution in [-0.2, 0) is 14.4 Å². The average Bonchev–Trinajstić information content (AvgIpc) is 2.75. The van der Waals surface area contributed by atoms with Crippen molar-refractivity contribution in [2.75, 3.05) is 0 Å². The Morgan fingerprint density at radius 3 is 0.765 bits per heavy atom. The molecule has 0 bridgehead atoms. The van der Waals surface area contributed by atoms with Crippen molar-refractivity contribution in [3.63, 3.8) is 0 Å². The molecule has 6 nitrogen and oxygen atoms in total. The quantitative estimate of drug-likeness (QED) is 0.127. The molecule has 0 aliphatic heterocycles. The van der Waals surface area contributed by atoms with Crippen LogP contribution in [-0.4, -0.2) is 33.2 Å². The number of aliphatic carboxylic acids is 3. The fourth-order valence-electron chi connectivity index (χ4n) is 3.73. The van der Waals surface area contributed by atoms with Crippen molar-refractivity contribution in [3.05, 3.63) is 0 Å². The Morgan fingerprint density at radius 2 is 0.588 bits per heavy atom. The molecule has 0 aromatic rings. The minimum Gasteiger partial charge on any atom is -1.00 e. The Hall–Kier alpha value is -0.993. The summed E-state index contributed by atoms with van der Waals surface area (Å²) in [6.45, 7) is 2.27. The Bertz CT molecular complexity index is 445. The molecule has 7 heteroatoms. The minimum absolute atomic E-state index is 0. The number of carbonyl (C=O) groups is 3. The van der Waals surface area contributed by atoms with Crippen LogP contribution in [0.15, 0.2) is 0 Å². The second-order valence-electron chi connectivity index (χ2n) is 9.15. The third-order valence-corrected chi connectivity index (χ3v) is 5.78. The Balaban J connectivity index is -0.000000281. The second-order valence-corrected chi connectivity index (χ2v) is 9.15. The first-order valence-corrected chi connectivity index (χ1v) is 13.6. The zero-order chi connectivity index (χ0) is 25.0. The molecule has 34 heavy (non-hydrogen) atoms. The molecule has 3 N–H and O–H groups in total. The monoisotopic (exact) mass is 480 g/mol. The van der Waals surface area contributed by atoms with Crippen LogP contribution in [0.2, 0.25) is 0 Å². The summed E-state index contributed by atoms with van der Waals surface area (Å²) in [6, 6.07) is 0. The van der Waals surface area contributed by atoms with E-state index in [2.05, 4.69) is 6.92 Å². The molecule has 198 valence electrons. The summed E-state index contributed by atoms with van der Waals surface area (Å²) >= 11 is 0. The van der Waals surface area contributed by atoms with E-state index in [1.54, 1.807) is 0 Å². The van der Waals surface area contributed by atoms with Gasteiger partial charge < -0.3 is 16.7 Å².